The number of aliphatic hydroxyl groups is 1. The molecule has 7 heteroatoms. The van der Waals surface area contributed by atoms with Gasteiger partial charge in [-0.2, -0.15) is 4.31 Å². The first-order valence-electron chi connectivity index (χ1n) is 7.33. The number of hydrogen-bond acceptors (Lipinski definition) is 5. The first-order chi connectivity index (χ1) is 10.0. The highest BCUT2D eigenvalue weighted by Crippen LogP contribution is 2.29. The Morgan fingerprint density at radius 1 is 1.48 bits per heavy atom. The van der Waals surface area contributed by atoms with Crippen molar-refractivity contribution in [3.05, 3.63) is 18.3 Å². The topological polar surface area (TPSA) is 82.5 Å². The fourth-order valence-corrected chi connectivity index (χ4v) is 4.24. The maximum atomic E-state index is 12.6. The molecule has 0 aliphatic carbocycles. The number of hydrogen-bond donors (Lipinski definition) is 2. The highest BCUT2D eigenvalue weighted by Gasteiger charge is 2.39. The van der Waals surface area contributed by atoms with Crippen LogP contribution in [0.5, 0.6) is 0 Å². The quantitative estimate of drug-likeness (QED) is 0.827. The van der Waals surface area contributed by atoms with Crippen LogP contribution in [0.1, 0.15) is 26.7 Å². The Kier molecular flexibility index (Phi) is 5.18. The first kappa shape index (κ1) is 16.2. The standard InChI is InChI=1S/C14H23N3O3S/c1-3-7-15-14-5-4-12(9-16-14)21(19,20)17-8-6-11(2)13(17)10-18/h4-5,9,11,13,18H,3,6-8,10H2,1-2H3,(H,15,16). The molecule has 0 radical (unpaired) electrons. The third kappa shape index (κ3) is 3.36. The molecule has 118 valence electrons. The molecule has 1 aromatic rings. The van der Waals surface area contributed by atoms with Gasteiger partial charge in [0.2, 0.25) is 10.0 Å². The highest BCUT2D eigenvalue weighted by atomic mass is 32.2. The van der Waals surface area contributed by atoms with Crippen molar-refractivity contribution in [2.24, 2.45) is 5.92 Å². The average Bonchev–Trinajstić information content (AvgIpc) is 2.87. The minimum atomic E-state index is -3.59. The van der Waals surface area contributed by atoms with E-state index in [-0.39, 0.29) is 23.5 Å². The van der Waals surface area contributed by atoms with Crippen LogP contribution in [0.25, 0.3) is 0 Å². The molecule has 1 aromatic heterocycles. The summed E-state index contributed by atoms with van der Waals surface area (Å²) in [5, 5.41) is 12.5. The van der Waals surface area contributed by atoms with Crippen LogP contribution < -0.4 is 5.32 Å². The van der Waals surface area contributed by atoms with Gasteiger partial charge in [-0.15, -0.1) is 0 Å². The summed E-state index contributed by atoms with van der Waals surface area (Å²) in [6, 6.07) is 2.90. The molecule has 2 N–H and O–H groups in total. The van der Waals surface area contributed by atoms with Crippen molar-refractivity contribution in [1.29, 1.82) is 0 Å². The molecule has 1 saturated heterocycles. The molecule has 2 unspecified atom stereocenters. The first-order valence-corrected chi connectivity index (χ1v) is 8.77. The van der Waals surface area contributed by atoms with E-state index in [9.17, 15) is 13.5 Å². The van der Waals surface area contributed by atoms with Crippen LogP contribution in [0.3, 0.4) is 0 Å². The van der Waals surface area contributed by atoms with Gasteiger partial charge in [-0.25, -0.2) is 13.4 Å². The van der Waals surface area contributed by atoms with Crippen molar-refractivity contribution in [2.75, 3.05) is 25.0 Å². The van der Waals surface area contributed by atoms with Crippen LogP contribution in [0, 0.1) is 5.92 Å². The largest absolute Gasteiger partial charge is 0.395 e. The Labute approximate surface area is 126 Å². The number of aliphatic hydroxyl groups excluding tert-OH is 1. The Balaban J connectivity index is 2.19. The number of rotatable bonds is 6. The molecule has 0 saturated carbocycles. The molecule has 1 aliphatic heterocycles. The fourth-order valence-electron chi connectivity index (χ4n) is 2.57. The Bertz CT molecular complexity index is 559. The molecular formula is C14H23N3O3S. The molecule has 0 spiro atoms. The monoisotopic (exact) mass is 313 g/mol. The predicted molar refractivity (Wildman–Crippen MR) is 81.6 cm³/mol. The van der Waals surface area contributed by atoms with Gasteiger partial charge in [0.15, 0.2) is 0 Å². The lowest BCUT2D eigenvalue weighted by Gasteiger charge is -2.24. The molecule has 6 nitrogen and oxygen atoms in total. The molecule has 2 rings (SSSR count). The number of sulfonamides is 1. The van der Waals surface area contributed by atoms with Crippen LogP contribution in [-0.2, 0) is 10.0 Å². The molecule has 2 atom stereocenters. The van der Waals surface area contributed by atoms with Gasteiger partial charge >= 0.3 is 0 Å². The predicted octanol–water partition coefficient (Wildman–Crippen LogP) is 1.29. The van der Waals surface area contributed by atoms with Crippen LogP contribution in [0.4, 0.5) is 5.82 Å². The minimum absolute atomic E-state index is 0.149. The van der Waals surface area contributed by atoms with Gasteiger partial charge in [-0.1, -0.05) is 13.8 Å². The Hall–Kier alpha value is -1.18. The van der Waals surface area contributed by atoms with E-state index in [1.165, 1.54) is 10.5 Å². The maximum absolute atomic E-state index is 12.6. The lowest BCUT2D eigenvalue weighted by molar-refractivity contribution is 0.191. The third-order valence-electron chi connectivity index (χ3n) is 3.92. The minimum Gasteiger partial charge on any atom is -0.395 e. The summed E-state index contributed by atoms with van der Waals surface area (Å²) in [5.74, 6) is 0.840. The number of aromatic nitrogens is 1. The molecular weight excluding hydrogens is 290 g/mol. The molecule has 2 heterocycles. The van der Waals surface area contributed by atoms with E-state index < -0.39 is 10.0 Å². The van der Waals surface area contributed by atoms with Crippen molar-refractivity contribution < 1.29 is 13.5 Å². The van der Waals surface area contributed by atoms with E-state index in [1.807, 2.05) is 6.92 Å². The van der Waals surface area contributed by atoms with Gasteiger partial charge in [0.25, 0.3) is 0 Å². The summed E-state index contributed by atoms with van der Waals surface area (Å²) >= 11 is 0. The molecule has 1 aliphatic rings. The van der Waals surface area contributed by atoms with Gasteiger partial charge in [0.05, 0.1) is 12.6 Å². The van der Waals surface area contributed by atoms with Crippen molar-refractivity contribution in [2.45, 2.75) is 37.6 Å². The summed E-state index contributed by atoms with van der Waals surface area (Å²) < 4.78 is 26.7. The van der Waals surface area contributed by atoms with E-state index in [1.54, 1.807) is 12.1 Å². The summed E-state index contributed by atoms with van der Waals surface area (Å²) in [5.41, 5.74) is 0. The van der Waals surface area contributed by atoms with Gasteiger partial charge in [0.1, 0.15) is 10.7 Å². The SMILES string of the molecule is CCCNc1ccc(S(=O)(=O)N2CCC(C)C2CO)cn1. The van der Waals surface area contributed by atoms with Gasteiger partial charge < -0.3 is 10.4 Å². The summed E-state index contributed by atoms with van der Waals surface area (Å²) in [4.78, 5) is 4.32. The van der Waals surface area contributed by atoms with Crippen molar-refractivity contribution in [3.8, 4) is 0 Å². The van der Waals surface area contributed by atoms with Crippen LogP contribution >= 0.6 is 0 Å². The second-order valence-corrected chi connectivity index (χ2v) is 7.33. The van der Waals surface area contributed by atoms with Gasteiger partial charge in [0, 0.05) is 19.3 Å². The zero-order valence-corrected chi connectivity index (χ0v) is 13.3. The maximum Gasteiger partial charge on any atom is 0.244 e. The zero-order chi connectivity index (χ0) is 15.5. The molecule has 0 aromatic carbocycles. The van der Waals surface area contributed by atoms with Crippen molar-refractivity contribution >= 4 is 15.8 Å². The summed E-state index contributed by atoms with van der Waals surface area (Å²) in [6.07, 6.45) is 3.13. The van der Waals surface area contributed by atoms with Gasteiger partial charge in [-0.05, 0) is 30.9 Å². The van der Waals surface area contributed by atoms with Crippen molar-refractivity contribution in [1.82, 2.24) is 9.29 Å². The number of nitrogens with zero attached hydrogens (tertiary/aromatic N) is 2. The van der Waals surface area contributed by atoms with E-state index in [0.29, 0.717) is 12.4 Å². The summed E-state index contributed by atoms with van der Waals surface area (Å²) in [7, 11) is -3.59. The van der Waals surface area contributed by atoms with E-state index in [2.05, 4.69) is 17.2 Å². The van der Waals surface area contributed by atoms with E-state index in [4.69, 9.17) is 0 Å². The Morgan fingerprint density at radius 3 is 2.81 bits per heavy atom. The smallest absolute Gasteiger partial charge is 0.244 e. The lowest BCUT2D eigenvalue weighted by atomic mass is 10.0. The van der Waals surface area contributed by atoms with E-state index in [0.717, 1.165) is 19.4 Å². The van der Waals surface area contributed by atoms with Crippen LogP contribution in [-0.4, -0.2) is 48.6 Å². The summed E-state index contributed by atoms with van der Waals surface area (Å²) in [6.45, 7) is 5.12. The zero-order valence-electron chi connectivity index (χ0n) is 12.5. The average molecular weight is 313 g/mol. The number of nitrogens with one attached hydrogen (secondary N) is 1. The second-order valence-electron chi connectivity index (χ2n) is 5.44. The molecule has 0 amide bonds. The van der Waals surface area contributed by atoms with Gasteiger partial charge in [-0.3, -0.25) is 0 Å². The second kappa shape index (κ2) is 6.72. The normalized spacial score (nSPS) is 23.4. The Morgan fingerprint density at radius 2 is 2.24 bits per heavy atom. The molecule has 21 heavy (non-hydrogen) atoms. The highest BCUT2D eigenvalue weighted by molar-refractivity contribution is 7.89. The van der Waals surface area contributed by atoms with E-state index >= 15 is 0 Å². The fraction of sp³-hybridized carbons (Fsp3) is 0.643. The lowest BCUT2D eigenvalue weighted by Crippen LogP contribution is -2.39. The number of pyridine rings is 1. The molecule has 1 fully saturated rings. The molecule has 0 bridgehead atoms. The number of anilines is 1. The van der Waals surface area contributed by atoms with Crippen LogP contribution in [0.2, 0.25) is 0 Å². The van der Waals surface area contributed by atoms with Crippen LogP contribution in [0.15, 0.2) is 23.2 Å². The third-order valence-corrected chi connectivity index (χ3v) is 5.83. The van der Waals surface area contributed by atoms with Crippen molar-refractivity contribution in [3.63, 3.8) is 0 Å².